The van der Waals surface area contributed by atoms with E-state index in [9.17, 15) is 9.59 Å². The van der Waals surface area contributed by atoms with E-state index in [-0.39, 0.29) is 36.7 Å². The molecular formula is C17H22ClN5O2. The average Bonchev–Trinajstić information content (AvgIpc) is 3.16. The third kappa shape index (κ3) is 5.30. The van der Waals surface area contributed by atoms with Crippen molar-refractivity contribution in [2.75, 3.05) is 25.0 Å². The van der Waals surface area contributed by atoms with Gasteiger partial charge in [-0.1, -0.05) is 0 Å². The topological polar surface area (TPSA) is 88.0 Å². The lowest BCUT2D eigenvalue weighted by Crippen LogP contribution is -2.42. The van der Waals surface area contributed by atoms with Crippen molar-refractivity contribution in [2.24, 2.45) is 5.92 Å². The molecule has 0 radical (unpaired) electrons. The van der Waals surface area contributed by atoms with Gasteiger partial charge in [-0.05, 0) is 49.7 Å². The molecule has 1 aliphatic rings. The molecule has 1 unspecified atom stereocenters. The molecule has 0 aliphatic carbocycles. The van der Waals surface area contributed by atoms with Gasteiger partial charge in [0.25, 0.3) is 0 Å². The maximum Gasteiger partial charge on any atom is 0.243 e. The second kappa shape index (κ2) is 9.19. The van der Waals surface area contributed by atoms with Crippen LogP contribution in [0.1, 0.15) is 12.8 Å². The average molecular weight is 364 g/mol. The number of rotatable bonds is 5. The zero-order chi connectivity index (χ0) is 16.8. The van der Waals surface area contributed by atoms with Gasteiger partial charge >= 0.3 is 0 Å². The molecule has 1 fully saturated rings. The van der Waals surface area contributed by atoms with Crippen LogP contribution < -0.4 is 16.0 Å². The van der Waals surface area contributed by atoms with Gasteiger partial charge in [0.05, 0.1) is 18.2 Å². The highest BCUT2D eigenvalue weighted by atomic mass is 35.5. The van der Waals surface area contributed by atoms with Crippen LogP contribution in [0.5, 0.6) is 0 Å². The molecule has 0 saturated carbocycles. The van der Waals surface area contributed by atoms with E-state index in [0.717, 1.165) is 25.1 Å². The molecule has 1 saturated heterocycles. The first-order chi connectivity index (χ1) is 11.7. The van der Waals surface area contributed by atoms with E-state index in [1.165, 1.54) is 0 Å². The maximum absolute atomic E-state index is 12.0. The number of carbonyl (C=O) groups excluding carboxylic acids is 2. The van der Waals surface area contributed by atoms with Crippen LogP contribution in [-0.2, 0) is 9.59 Å². The fourth-order valence-electron chi connectivity index (χ4n) is 2.71. The smallest absolute Gasteiger partial charge is 0.243 e. The minimum atomic E-state index is -0.237. The molecule has 0 bridgehead atoms. The Hall–Kier alpha value is -2.38. The van der Waals surface area contributed by atoms with E-state index in [2.05, 4.69) is 21.0 Å². The van der Waals surface area contributed by atoms with E-state index >= 15 is 0 Å². The quantitative estimate of drug-likeness (QED) is 0.748. The summed E-state index contributed by atoms with van der Waals surface area (Å²) in [6, 6.07) is 9.20. The van der Waals surface area contributed by atoms with E-state index in [1.54, 1.807) is 10.9 Å². The summed E-state index contributed by atoms with van der Waals surface area (Å²) >= 11 is 0. The maximum atomic E-state index is 12.0. The number of nitrogens with one attached hydrogen (secondary N) is 3. The summed E-state index contributed by atoms with van der Waals surface area (Å²) in [6.45, 7) is 1.62. The lowest BCUT2D eigenvalue weighted by atomic mass is 9.99. The van der Waals surface area contributed by atoms with Crippen molar-refractivity contribution in [1.82, 2.24) is 20.4 Å². The predicted octanol–water partition coefficient (Wildman–Crippen LogP) is 1.35. The first-order valence-electron chi connectivity index (χ1n) is 8.11. The Labute approximate surface area is 152 Å². The normalized spacial score (nSPS) is 16.6. The first kappa shape index (κ1) is 19.0. The Kier molecular flexibility index (Phi) is 6.97. The number of anilines is 1. The zero-order valence-electron chi connectivity index (χ0n) is 13.8. The molecule has 0 spiro atoms. The van der Waals surface area contributed by atoms with Crippen LogP contribution >= 0.6 is 12.4 Å². The molecule has 3 rings (SSSR count). The van der Waals surface area contributed by atoms with Gasteiger partial charge in [-0.2, -0.15) is 5.10 Å². The number of amides is 2. The summed E-state index contributed by atoms with van der Waals surface area (Å²) < 4.78 is 1.74. The fourth-order valence-corrected chi connectivity index (χ4v) is 2.71. The van der Waals surface area contributed by atoms with E-state index in [0.29, 0.717) is 12.2 Å². The summed E-state index contributed by atoms with van der Waals surface area (Å²) in [7, 11) is 0. The van der Waals surface area contributed by atoms with Gasteiger partial charge < -0.3 is 16.0 Å². The monoisotopic (exact) mass is 363 g/mol. The Morgan fingerprint density at radius 1 is 1.28 bits per heavy atom. The largest absolute Gasteiger partial charge is 0.347 e. The van der Waals surface area contributed by atoms with Gasteiger partial charge in [0, 0.05) is 24.6 Å². The van der Waals surface area contributed by atoms with Crippen molar-refractivity contribution >= 4 is 29.9 Å². The summed E-state index contributed by atoms with van der Waals surface area (Å²) in [5.41, 5.74) is 1.60. The molecule has 8 heteroatoms. The number of carbonyl (C=O) groups is 2. The number of aromatic nitrogens is 2. The van der Waals surface area contributed by atoms with Crippen LogP contribution in [0.3, 0.4) is 0 Å². The molecule has 134 valence electrons. The van der Waals surface area contributed by atoms with E-state index < -0.39 is 0 Å². The minimum Gasteiger partial charge on any atom is -0.347 e. The molecule has 3 N–H and O–H groups in total. The highest BCUT2D eigenvalue weighted by Gasteiger charge is 2.20. The first-order valence-corrected chi connectivity index (χ1v) is 8.11. The summed E-state index contributed by atoms with van der Waals surface area (Å²) in [6.07, 6.45) is 5.42. The zero-order valence-corrected chi connectivity index (χ0v) is 14.6. The molecule has 1 aliphatic heterocycles. The predicted molar refractivity (Wildman–Crippen MR) is 98.0 cm³/mol. The molecule has 7 nitrogen and oxygen atoms in total. The molecule has 1 aromatic carbocycles. The summed E-state index contributed by atoms with van der Waals surface area (Å²) in [4.78, 5) is 23.9. The summed E-state index contributed by atoms with van der Waals surface area (Å²) in [5.74, 6) is -0.342. The number of piperidine rings is 1. The standard InChI is InChI=1S/C17H21N5O2.ClH/c23-16(12-19-17(24)13-3-1-8-18-11-13)21-14-4-6-15(7-5-14)22-10-2-9-20-22;/h2,4-7,9-10,13,18H,1,3,8,11-12H2,(H,19,24)(H,21,23);1H. The van der Waals surface area contributed by atoms with Crippen LogP contribution in [-0.4, -0.2) is 41.2 Å². The second-order valence-corrected chi connectivity index (χ2v) is 5.81. The Morgan fingerprint density at radius 2 is 2.08 bits per heavy atom. The highest BCUT2D eigenvalue weighted by Crippen LogP contribution is 2.12. The van der Waals surface area contributed by atoms with Crippen molar-refractivity contribution in [2.45, 2.75) is 12.8 Å². The van der Waals surface area contributed by atoms with E-state index in [4.69, 9.17) is 0 Å². The van der Waals surface area contributed by atoms with Crippen LogP contribution in [0.4, 0.5) is 5.69 Å². The molecular weight excluding hydrogens is 342 g/mol. The Morgan fingerprint density at radius 3 is 2.72 bits per heavy atom. The van der Waals surface area contributed by atoms with Gasteiger partial charge in [0.15, 0.2) is 0 Å². The minimum absolute atomic E-state index is 0. The van der Waals surface area contributed by atoms with Crippen molar-refractivity contribution in [1.29, 1.82) is 0 Å². The highest BCUT2D eigenvalue weighted by molar-refractivity contribution is 5.94. The molecule has 2 aromatic rings. The van der Waals surface area contributed by atoms with Crippen LogP contribution in [0.15, 0.2) is 42.7 Å². The van der Waals surface area contributed by atoms with Crippen LogP contribution in [0.25, 0.3) is 5.69 Å². The lowest BCUT2D eigenvalue weighted by molar-refractivity contribution is -0.127. The van der Waals surface area contributed by atoms with Crippen molar-refractivity contribution in [3.63, 3.8) is 0 Å². The lowest BCUT2D eigenvalue weighted by Gasteiger charge is -2.21. The second-order valence-electron chi connectivity index (χ2n) is 5.81. The van der Waals surface area contributed by atoms with Gasteiger partial charge in [-0.15, -0.1) is 12.4 Å². The Bertz CT molecular complexity index is 682. The van der Waals surface area contributed by atoms with Gasteiger partial charge in [-0.3, -0.25) is 9.59 Å². The van der Waals surface area contributed by atoms with Gasteiger partial charge in [0.1, 0.15) is 0 Å². The fraction of sp³-hybridized carbons (Fsp3) is 0.353. The van der Waals surface area contributed by atoms with Crippen molar-refractivity contribution in [3.8, 4) is 5.69 Å². The van der Waals surface area contributed by atoms with E-state index in [1.807, 2.05) is 36.5 Å². The molecule has 25 heavy (non-hydrogen) atoms. The molecule has 2 heterocycles. The summed E-state index contributed by atoms with van der Waals surface area (Å²) in [5, 5.41) is 12.8. The number of hydrogen-bond acceptors (Lipinski definition) is 4. The van der Waals surface area contributed by atoms with Crippen LogP contribution in [0.2, 0.25) is 0 Å². The SMILES string of the molecule is Cl.O=C(CNC(=O)C1CCCNC1)Nc1ccc(-n2cccn2)cc1. The molecule has 2 amide bonds. The van der Waals surface area contributed by atoms with Crippen molar-refractivity contribution < 1.29 is 9.59 Å². The third-order valence-electron chi connectivity index (χ3n) is 4.01. The molecule has 1 atom stereocenters. The number of benzene rings is 1. The van der Waals surface area contributed by atoms with Crippen molar-refractivity contribution in [3.05, 3.63) is 42.7 Å². The van der Waals surface area contributed by atoms with Gasteiger partial charge in [0.2, 0.25) is 11.8 Å². The number of hydrogen-bond donors (Lipinski definition) is 3. The third-order valence-corrected chi connectivity index (χ3v) is 4.01. The number of halogens is 1. The molecule has 1 aromatic heterocycles. The van der Waals surface area contributed by atoms with Crippen LogP contribution in [0, 0.1) is 5.92 Å². The Balaban J connectivity index is 0.00000225. The number of nitrogens with zero attached hydrogens (tertiary/aromatic N) is 2. The van der Waals surface area contributed by atoms with Gasteiger partial charge in [-0.25, -0.2) is 4.68 Å².